The Hall–Kier alpha value is -1.79. The van der Waals surface area contributed by atoms with Crippen LogP contribution in [0.25, 0.3) is 0 Å². The summed E-state index contributed by atoms with van der Waals surface area (Å²) in [7, 11) is 0. The second kappa shape index (κ2) is 6.07. The van der Waals surface area contributed by atoms with Gasteiger partial charge in [0, 0.05) is 6.54 Å². The number of carbonyl (C=O) groups is 3. The van der Waals surface area contributed by atoms with Gasteiger partial charge in [0.25, 0.3) is 0 Å². The molecule has 1 atom stereocenters. The molecule has 0 aliphatic carbocycles. The molecule has 0 rings (SSSR count). The van der Waals surface area contributed by atoms with Crippen molar-refractivity contribution in [2.24, 2.45) is 11.1 Å². The van der Waals surface area contributed by atoms with E-state index in [0.29, 0.717) is 0 Å². The predicted molar refractivity (Wildman–Crippen MR) is 61.2 cm³/mol. The van der Waals surface area contributed by atoms with E-state index < -0.39 is 29.4 Å². The van der Waals surface area contributed by atoms with E-state index >= 15 is 0 Å². The summed E-state index contributed by atoms with van der Waals surface area (Å²) in [6.45, 7) is 4.87. The van der Waals surface area contributed by atoms with Gasteiger partial charge in [-0.2, -0.15) is 0 Å². The largest absolute Gasteiger partial charge is 0.480 e. The van der Waals surface area contributed by atoms with Crippen LogP contribution >= 0.6 is 0 Å². The second-order valence-electron chi connectivity index (χ2n) is 4.37. The van der Waals surface area contributed by atoms with Crippen LogP contribution in [0.4, 0.5) is 4.79 Å². The number of primary amides is 1. The molecule has 0 aromatic heterocycles. The molecule has 98 valence electrons. The summed E-state index contributed by atoms with van der Waals surface area (Å²) >= 11 is 0. The molecule has 0 aliphatic heterocycles. The number of hydrogen-bond acceptors (Lipinski definition) is 3. The molecule has 0 aromatic carbocycles. The molecule has 0 saturated heterocycles. The lowest BCUT2D eigenvalue weighted by Gasteiger charge is -2.21. The van der Waals surface area contributed by atoms with Crippen LogP contribution in [-0.4, -0.2) is 35.6 Å². The van der Waals surface area contributed by atoms with Gasteiger partial charge >= 0.3 is 12.0 Å². The van der Waals surface area contributed by atoms with E-state index in [2.05, 4.69) is 10.6 Å². The van der Waals surface area contributed by atoms with Crippen molar-refractivity contribution in [3.63, 3.8) is 0 Å². The van der Waals surface area contributed by atoms with Gasteiger partial charge in [0.15, 0.2) is 0 Å². The fraction of sp³-hybridized carbons (Fsp3) is 0.700. The molecule has 1 unspecified atom stereocenters. The van der Waals surface area contributed by atoms with Crippen molar-refractivity contribution in [1.82, 2.24) is 10.6 Å². The van der Waals surface area contributed by atoms with Crippen LogP contribution < -0.4 is 16.4 Å². The number of rotatable bonds is 6. The predicted octanol–water partition coefficient (Wildman–Crippen LogP) is -0.340. The third-order valence-corrected chi connectivity index (χ3v) is 2.37. The minimum absolute atomic E-state index is 0.0459. The Labute approximate surface area is 99.7 Å². The highest BCUT2D eigenvalue weighted by Gasteiger charge is 2.26. The summed E-state index contributed by atoms with van der Waals surface area (Å²) in [5.41, 5.74) is 4.25. The van der Waals surface area contributed by atoms with Gasteiger partial charge in [-0.15, -0.1) is 0 Å². The molecule has 3 amide bonds. The van der Waals surface area contributed by atoms with Gasteiger partial charge in [-0.1, -0.05) is 6.92 Å². The lowest BCUT2D eigenvalue weighted by atomic mass is 9.93. The summed E-state index contributed by atoms with van der Waals surface area (Å²) in [5.74, 6) is -1.64. The number of amides is 3. The molecule has 0 heterocycles. The molecule has 0 aliphatic rings. The van der Waals surface area contributed by atoms with E-state index in [1.807, 2.05) is 0 Å². The van der Waals surface area contributed by atoms with E-state index in [9.17, 15) is 14.4 Å². The molecule has 0 spiro atoms. The molecular formula is C10H19N3O4. The number of aliphatic carboxylic acids is 1. The first kappa shape index (κ1) is 15.2. The first-order valence-electron chi connectivity index (χ1n) is 5.27. The lowest BCUT2D eigenvalue weighted by molar-refractivity contribution is -0.139. The Morgan fingerprint density at radius 3 is 2.24 bits per heavy atom. The molecule has 0 saturated carbocycles. The van der Waals surface area contributed by atoms with Crippen LogP contribution in [0.3, 0.4) is 0 Å². The van der Waals surface area contributed by atoms with Gasteiger partial charge in [0.1, 0.15) is 6.04 Å². The van der Waals surface area contributed by atoms with Crippen LogP contribution in [0.2, 0.25) is 0 Å². The SMILES string of the molecule is CCC(NC(=O)NCC(C)(C)C(N)=O)C(=O)O. The Morgan fingerprint density at radius 1 is 1.35 bits per heavy atom. The molecule has 7 nitrogen and oxygen atoms in total. The molecule has 17 heavy (non-hydrogen) atoms. The number of carboxylic acid groups (broad SMARTS) is 1. The number of nitrogens with two attached hydrogens (primary N) is 1. The number of carboxylic acids is 1. The third kappa shape index (κ3) is 5.19. The zero-order valence-corrected chi connectivity index (χ0v) is 10.2. The van der Waals surface area contributed by atoms with E-state index in [1.54, 1.807) is 20.8 Å². The van der Waals surface area contributed by atoms with Crippen molar-refractivity contribution in [2.75, 3.05) is 6.54 Å². The third-order valence-electron chi connectivity index (χ3n) is 2.37. The average molecular weight is 245 g/mol. The van der Waals surface area contributed by atoms with Crippen LogP contribution in [0.5, 0.6) is 0 Å². The first-order chi connectivity index (χ1) is 7.70. The fourth-order valence-corrected chi connectivity index (χ4v) is 0.936. The monoisotopic (exact) mass is 245 g/mol. The summed E-state index contributed by atoms with van der Waals surface area (Å²) in [5, 5.41) is 13.4. The maximum atomic E-state index is 11.3. The molecular weight excluding hydrogens is 226 g/mol. The van der Waals surface area contributed by atoms with Gasteiger partial charge in [-0.25, -0.2) is 9.59 Å². The van der Waals surface area contributed by atoms with Crippen molar-refractivity contribution < 1.29 is 19.5 Å². The highest BCUT2D eigenvalue weighted by atomic mass is 16.4. The number of nitrogens with one attached hydrogen (secondary N) is 2. The minimum Gasteiger partial charge on any atom is -0.480 e. The highest BCUT2D eigenvalue weighted by molar-refractivity contribution is 5.84. The van der Waals surface area contributed by atoms with Gasteiger partial charge in [-0.3, -0.25) is 4.79 Å². The maximum absolute atomic E-state index is 11.3. The minimum atomic E-state index is -1.10. The summed E-state index contributed by atoms with van der Waals surface area (Å²) in [6, 6.07) is -1.57. The van der Waals surface area contributed by atoms with E-state index in [-0.39, 0.29) is 13.0 Å². The molecule has 0 bridgehead atoms. The lowest BCUT2D eigenvalue weighted by Crippen LogP contribution is -2.49. The number of hydrogen-bond donors (Lipinski definition) is 4. The Morgan fingerprint density at radius 2 is 1.88 bits per heavy atom. The second-order valence-corrected chi connectivity index (χ2v) is 4.37. The smallest absolute Gasteiger partial charge is 0.326 e. The van der Waals surface area contributed by atoms with Gasteiger partial charge < -0.3 is 21.5 Å². The van der Waals surface area contributed by atoms with Crippen LogP contribution in [0, 0.1) is 5.41 Å². The molecule has 0 radical (unpaired) electrons. The van der Waals surface area contributed by atoms with Crippen LogP contribution in [-0.2, 0) is 9.59 Å². The van der Waals surface area contributed by atoms with Crippen molar-refractivity contribution in [2.45, 2.75) is 33.2 Å². The fourth-order valence-electron chi connectivity index (χ4n) is 0.936. The van der Waals surface area contributed by atoms with Crippen molar-refractivity contribution in [1.29, 1.82) is 0 Å². The zero-order chi connectivity index (χ0) is 13.6. The van der Waals surface area contributed by atoms with Crippen LogP contribution in [0.15, 0.2) is 0 Å². The van der Waals surface area contributed by atoms with E-state index in [1.165, 1.54) is 0 Å². The molecule has 0 aromatic rings. The standard InChI is InChI=1S/C10H19N3O4/c1-4-6(7(14)15)13-9(17)12-5-10(2,3)8(11)16/h6H,4-5H2,1-3H3,(H2,11,16)(H,14,15)(H2,12,13,17). The molecule has 0 fully saturated rings. The molecule has 5 N–H and O–H groups in total. The van der Waals surface area contributed by atoms with Gasteiger partial charge in [0.2, 0.25) is 5.91 Å². The Kier molecular flexibility index (Phi) is 5.43. The normalized spacial score (nSPS) is 12.6. The summed E-state index contributed by atoms with van der Waals surface area (Å²) in [6.07, 6.45) is 0.280. The zero-order valence-electron chi connectivity index (χ0n) is 10.2. The maximum Gasteiger partial charge on any atom is 0.326 e. The quantitative estimate of drug-likeness (QED) is 0.511. The number of urea groups is 1. The first-order valence-corrected chi connectivity index (χ1v) is 5.27. The van der Waals surface area contributed by atoms with Gasteiger partial charge in [-0.05, 0) is 20.3 Å². The van der Waals surface area contributed by atoms with Crippen molar-refractivity contribution in [3.8, 4) is 0 Å². The number of carbonyl (C=O) groups excluding carboxylic acids is 2. The summed E-state index contributed by atoms with van der Waals surface area (Å²) in [4.78, 5) is 33.0. The van der Waals surface area contributed by atoms with Gasteiger partial charge in [0.05, 0.1) is 5.41 Å². The van der Waals surface area contributed by atoms with E-state index in [0.717, 1.165) is 0 Å². The van der Waals surface area contributed by atoms with E-state index in [4.69, 9.17) is 10.8 Å². The molecule has 7 heteroatoms. The summed E-state index contributed by atoms with van der Waals surface area (Å²) < 4.78 is 0. The Balaban J connectivity index is 4.20. The topological polar surface area (TPSA) is 122 Å². The van der Waals surface area contributed by atoms with Crippen molar-refractivity contribution in [3.05, 3.63) is 0 Å². The average Bonchev–Trinajstić information content (AvgIpc) is 2.22. The Bertz CT molecular complexity index is 315. The van der Waals surface area contributed by atoms with Crippen LogP contribution in [0.1, 0.15) is 27.2 Å². The van der Waals surface area contributed by atoms with Crippen molar-refractivity contribution >= 4 is 17.9 Å². The highest BCUT2D eigenvalue weighted by Crippen LogP contribution is 2.11.